The molecule has 0 spiro atoms. The van der Waals surface area contributed by atoms with Crippen LogP contribution in [0.4, 0.5) is 0 Å². The first-order valence-corrected chi connectivity index (χ1v) is 7.78. The molecule has 3 aromatic rings. The molecule has 21 heavy (non-hydrogen) atoms. The van der Waals surface area contributed by atoms with E-state index in [1.54, 1.807) is 18.2 Å². The number of furan rings is 1. The van der Waals surface area contributed by atoms with Gasteiger partial charge in [-0.25, -0.2) is 0 Å². The quantitative estimate of drug-likeness (QED) is 0.563. The summed E-state index contributed by atoms with van der Waals surface area (Å²) in [6, 6.07) is 12.8. The van der Waals surface area contributed by atoms with E-state index in [4.69, 9.17) is 16.0 Å². The summed E-state index contributed by atoms with van der Waals surface area (Å²) in [4.78, 5) is 12.9. The van der Waals surface area contributed by atoms with Crippen molar-refractivity contribution in [3.8, 4) is 0 Å². The summed E-state index contributed by atoms with van der Waals surface area (Å²) >= 11 is 9.41. The highest BCUT2D eigenvalue weighted by Crippen LogP contribution is 2.30. The Kier molecular flexibility index (Phi) is 3.87. The summed E-state index contributed by atoms with van der Waals surface area (Å²) in [7, 11) is 0. The number of ketones is 1. The van der Waals surface area contributed by atoms with Crippen molar-refractivity contribution in [3.05, 3.63) is 68.8 Å². The molecule has 106 valence electrons. The lowest BCUT2D eigenvalue weighted by atomic mass is 9.99. The van der Waals surface area contributed by atoms with Crippen molar-refractivity contribution in [1.82, 2.24) is 0 Å². The second-order valence-corrected chi connectivity index (χ2v) is 6.09. The number of halogens is 2. The summed E-state index contributed by atoms with van der Waals surface area (Å²) in [5.41, 5.74) is 1.91. The number of hydrogen-bond donors (Lipinski definition) is 0. The van der Waals surface area contributed by atoms with E-state index in [2.05, 4.69) is 15.9 Å². The summed E-state index contributed by atoms with van der Waals surface area (Å²) in [6.07, 6.45) is 0.664. The van der Waals surface area contributed by atoms with Gasteiger partial charge in [0.2, 0.25) is 0 Å². The number of benzene rings is 2. The highest BCUT2D eigenvalue weighted by atomic mass is 79.9. The van der Waals surface area contributed by atoms with E-state index in [0.29, 0.717) is 28.3 Å². The van der Waals surface area contributed by atoms with E-state index in [1.807, 2.05) is 31.2 Å². The van der Waals surface area contributed by atoms with E-state index in [0.717, 1.165) is 15.4 Å². The molecule has 0 unspecified atom stereocenters. The fourth-order valence-corrected chi connectivity index (χ4v) is 3.28. The van der Waals surface area contributed by atoms with Crippen LogP contribution in [-0.4, -0.2) is 5.78 Å². The molecule has 0 saturated heterocycles. The van der Waals surface area contributed by atoms with Gasteiger partial charge in [0.1, 0.15) is 11.3 Å². The second-order valence-electron chi connectivity index (χ2n) is 4.74. The van der Waals surface area contributed by atoms with Gasteiger partial charge in [0, 0.05) is 26.9 Å². The van der Waals surface area contributed by atoms with E-state index in [-0.39, 0.29) is 5.78 Å². The lowest BCUT2D eigenvalue weighted by Gasteiger charge is -2.03. The molecule has 2 nitrogen and oxygen atoms in total. The number of carbonyl (C=O) groups excluding carboxylic acids is 1. The lowest BCUT2D eigenvalue weighted by molar-refractivity contribution is 0.103. The van der Waals surface area contributed by atoms with Gasteiger partial charge >= 0.3 is 0 Å². The normalized spacial score (nSPS) is 11.0. The summed E-state index contributed by atoms with van der Waals surface area (Å²) in [5.74, 6) is 0.636. The zero-order valence-electron chi connectivity index (χ0n) is 11.3. The molecule has 0 N–H and O–H groups in total. The van der Waals surface area contributed by atoms with E-state index in [1.165, 1.54) is 0 Å². The van der Waals surface area contributed by atoms with Gasteiger partial charge in [-0.15, -0.1) is 0 Å². The van der Waals surface area contributed by atoms with Crippen molar-refractivity contribution < 1.29 is 9.21 Å². The van der Waals surface area contributed by atoms with Crippen molar-refractivity contribution in [2.45, 2.75) is 13.3 Å². The van der Waals surface area contributed by atoms with Crippen molar-refractivity contribution in [1.29, 1.82) is 0 Å². The topological polar surface area (TPSA) is 30.2 Å². The minimum absolute atomic E-state index is 0.0694. The molecule has 0 bridgehead atoms. The maximum Gasteiger partial charge on any atom is 0.197 e. The predicted molar refractivity (Wildman–Crippen MR) is 88.2 cm³/mol. The Morgan fingerprint density at radius 3 is 2.71 bits per heavy atom. The lowest BCUT2D eigenvalue weighted by Crippen LogP contribution is -2.03. The van der Waals surface area contributed by atoms with Gasteiger partial charge in [0.25, 0.3) is 0 Å². The smallest absolute Gasteiger partial charge is 0.197 e. The molecule has 0 radical (unpaired) electrons. The van der Waals surface area contributed by atoms with Crippen LogP contribution in [0.1, 0.15) is 28.6 Å². The third-order valence-corrected chi connectivity index (χ3v) is 4.02. The van der Waals surface area contributed by atoms with Gasteiger partial charge in [0.15, 0.2) is 5.78 Å². The van der Waals surface area contributed by atoms with Crippen molar-refractivity contribution in [3.63, 3.8) is 0 Å². The molecule has 0 atom stereocenters. The van der Waals surface area contributed by atoms with Crippen LogP contribution >= 0.6 is 27.5 Å². The van der Waals surface area contributed by atoms with Gasteiger partial charge in [-0.3, -0.25) is 4.79 Å². The first-order chi connectivity index (χ1) is 10.1. The fourth-order valence-electron chi connectivity index (χ4n) is 2.42. The van der Waals surface area contributed by atoms with Gasteiger partial charge in [-0.05, 0) is 24.3 Å². The van der Waals surface area contributed by atoms with Crippen LogP contribution in [0.5, 0.6) is 0 Å². The Morgan fingerprint density at radius 2 is 2.00 bits per heavy atom. The number of aryl methyl sites for hydroxylation is 1. The third kappa shape index (κ3) is 2.63. The fraction of sp³-hybridized carbons (Fsp3) is 0.118. The van der Waals surface area contributed by atoms with Crippen LogP contribution in [0, 0.1) is 0 Å². The molecular weight excluding hydrogens is 352 g/mol. The van der Waals surface area contributed by atoms with E-state index in [9.17, 15) is 4.79 Å². The van der Waals surface area contributed by atoms with Crippen molar-refractivity contribution in [2.75, 3.05) is 0 Å². The molecule has 4 heteroatoms. The molecule has 0 aliphatic carbocycles. The molecule has 0 aliphatic rings. The Labute approximate surface area is 135 Å². The minimum Gasteiger partial charge on any atom is -0.460 e. The molecule has 0 amide bonds. The van der Waals surface area contributed by atoms with Crippen molar-refractivity contribution >= 4 is 44.3 Å². The van der Waals surface area contributed by atoms with Gasteiger partial charge in [-0.1, -0.05) is 52.7 Å². The number of fused-ring (bicyclic) bond motifs is 1. The molecule has 2 aromatic carbocycles. The first-order valence-electron chi connectivity index (χ1n) is 6.61. The number of hydrogen-bond acceptors (Lipinski definition) is 2. The number of para-hydroxylation sites is 1. The van der Waals surface area contributed by atoms with Gasteiger partial charge in [-0.2, -0.15) is 0 Å². The highest BCUT2D eigenvalue weighted by molar-refractivity contribution is 9.10. The van der Waals surface area contributed by atoms with Crippen LogP contribution in [0.25, 0.3) is 11.0 Å². The molecule has 1 heterocycles. The summed E-state index contributed by atoms with van der Waals surface area (Å²) < 4.78 is 6.57. The predicted octanol–water partition coefficient (Wildman–Crippen LogP) is 5.64. The third-order valence-electron chi connectivity index (χ3n) is 3.34. The van der Waals surface area contributed by atoms with Crippen LogP contribution in [-0.2, 0) is 6.42 Å². The SMILES string of the molecule is CCc1oc2ccccc2c1C(=O)c1cc(Cl)cc(Br)c1. The van der Waals surface area contributed by atoms with Gasteiger partial charge < -0.3 is 4.42 Å². The minimum atomic E-state index is -0.0694. The van der Waals surface area contributed by atoms with Crippen LogP contribution < -0.4 is 0 Å². The average molecular weight is 364 g/mol. The van der Waals surface area contributed by atoms with Crippen LogP contribution in [0.2, 0.25) is 5.02 Å². The summed E-state index contributed by atoms with van der Waals surface area (Å²) in [5, 5.41) is 1.37. The first kappa shape index (κ1) is 14.4. The Balaban J connectivity index is 2.21. The monoisotopic (exact) mass is 362 g/mol. The van der Waals surface area contributed by atoms with E-state index < -0.39 is 0 Å². The Morgan fingerprint density at radius 1 is 1.24 bits per heavy atom. The number of rotatable bonds is 3. The maximum atomic E-state index is 12.9. The van der Waals surface area contributed by atoms with Crippen LogP contribution in [0.15, 0.2) is 51.4 Å². The summed E-state index contributed by atoms with van der Waals surface area (Å²) in [6.45, 7) is 1.97. The number of carbonyl (C=O) groups is 1. The standard InChI is InChI=1S/C17H12BrClO2/c1-2-14-16(13-5-3-4-6-15(13)21-14)17(20)10-7-11(18)9-12(19)8-10/h3-9H,2H2,1H3. The Hall–Kier alpha value is -1.58. The highest BCUT2D eigenvalue weighted by Gasteiger charge is 2.21. The Bertz CT molecular complexity index is 816. The molecule has 0 fully saturated rings. The zero-order chi connectivity index (χ0) is 15.0. The van der Waals surface area contributed by atoms with Crippen LogP contribution in [0.3, 0.4) is 0 Å². The molecular formula is C17H12BrClO2. The van der Waals surface area contributed by atoms with Gasteiger partial charge in [0.05, 0.1) is 5.56 Å². The molecule has 0 aliphatic heterocycles. The molecule has 1 aromatic heterocycles. The second kappa shape index (κ2) is 5.66. The van der Waals surface area contributed by atoms with E-state index >= 15 is 0 Å². The maximum absolute atomic E-state index is 12.9. The zero-order valence-corrected chi connectivity index (χ0v) is 13.7. The molecule has 0 saturated carbocycles. The molecule has 3 rings (SSSR count). The van der Waals surface area contributed by atoms with Crippen molar-refractivity contribution in [2.24, 2.45) is 0 Å². The average Bonchev–Trinajstić information content (AvgIpc) is 2.83. The largest absolute Gasteiger partial charge is 0.460 e.